The zero-order valence-corrected chi connectivity index (χ0v) is 11.8. The Morgan fingerprint density at radius 3 is 2.65 bits per heavy atom. The highest BCUT2D eigenvalue weighted by molar-refractivity contribution is 5.76. The smallest absolute Gasteiger partial charge is 0.141 e. The second-order valence-corrected chi connectivity index (χ2v) is 4.84. The van der Waals surface area contributed by atoms with Crippen LogP contribution in [0.2, 0.25) is 0 Å². The van der Waals surface area contributed by atoms with Crippen LogP contribution in [0.1, 0.15) is 30.9 Å². The van der Waals surface area contributed by atoms with Crippen molar-refractivity contribution < 1.29 is 4.74 Å². The number of nitrogen functional groups attached to an aromatic ring is 1. The van der Waals surface area contributed by atoms with E-state index in [1.165, 1.54) is 0 Å². The Hall–Kier alpha value is -2.54. The number of ether oxygens (including phenoxy) is 1. The first-order chi connectivity index (χ1) is 9.58. The van der Waals surface area contributed by atoms with Gasteiger partial charge in [-0.25, -0.2) is 4.98 Å². The fraction of sp³-hybridized carbons (Fsp3) is 0.250. The van der Waals surface area contributed by atoms with Gasteiger partial charge < -0.3 is 10.5 Å². The predicted octanol–water partition coefficient (Wildman–Crippen LogP) is 3.33. The minimum Gasteiger partial charge on any atom is -0.496 e. The van der Waals surface area contributed by atoms with Gasteiger partial charge in [0.1, 0.15) is 23.2 Å². The number of hydrogen-bond donors (Lipinski definition) is 1. The SMILES string of the molecule is COc1ccc(-c2ccnc(N)c2C#N)cc1C(C)C. The summed E-state index contributed by atoms with van der Waals surface area (Å²) >= 11 is 0. The molecule has 0 unspecified atom stereocenters. The van der Waals surface area contributed by atoms with E-state index in [1.807, 2.05) is 18.2 Å². The van der Waals surface area contributed by atoms with Crippen LogP contribution in [0, 0.1) is 11.3 Å². The van der Waals surface area contributed by atoms with Gasteiger partial charge in [0.15, 0.2) is 0 Å². The zero-order valence-electron chi connectivity index (χ0n) is 11.8. The molecule has 0 fully saturated rings. The van der Waals surface area contributed by atoms with Crippen molar-refractivity contribution in [2.45, 2.75) is 19.8 Å². The maximum absolute atomic E-state index is 9.25. The minimum atomic E-state index is 0.256. The van der Waals surface area contributed by atoms with E-state index in [4.69, 9.17) is 10.5 Å². The molecular formula is C16H17N3O. The summed E-state index contributed by atoms with van der Waals surface area (Å²) in [6.07, 6.45) is 1.62. The third-order valence-electron chi connectivity index (χ3n) is 3.25. The number of rotatable bonds is 3. The highest BCUT2D eigenvalue weighted by Gasteiger charge is 2.13. The molecule has 0 aliphatic rings. The first-order valence-corrected chi connectivity index (χ1v) is 6.41. The number of anilines is 1. The van der Waals surface area contributed by atoms with Crippen molar-refractivity contribution in [3.05, 3.63) is 41.6 Å². The molecule has 0 bridgehead atoms. The van der Waals surface area contributed by atoms with E-state index < -0.39 is 0 Å². The van der Waals surface area contributed by atoms with Crippen LogP contribution in [0.25, 0.3) is 11.1 Å². The molecule has 0 radical (unpaired) electrons. The molecular weight excluding hydrogens is 250 g/mol. The van der Waals surface area contributed by atoms with Gasteiger partial charge in [0, 0.05) is 11.8 Å². The standard InChI is InChI=1S/C16H17N3O/c1-10(2)13-8-11(4-5-15(13)20-3)12-6-7-19-16(18)14(12)9-17/h4-8,10H,1-3H3,(H2,18,19). The summed E-state index contributed by atoms with van der Waals surface area (Å²) in [6.45, 7) is 4.21. The molecule has 1 aromatic carbocycles. The Kier molecular flexibility index (Phi) is 3.90. The maximum atomic E-state index is 9.25. The third-order valence-corrected chi connectivity index (χ3v) is 3.25. The van der Waals surface area contributed by atoms with Crippen molar-refractivity contribution in [3.8, 4) is 22.9 Å². The van der Waals surface area contributed by atoms with Crippen molar-refractivity contribution in [1.82, 2.24) is 4.98 Å². The van der Waals surface area contributed by atoms with Crippen molar-refractivity contribution in [2.24, 2.45) is 0 Å². The van der Waals surface area contributed by atoms with E-state index >= 15 is 0 Å². The van der Waals surface area contributed by atoms with Crippen LogP contribution in [0.4, 0.5) is 5.82 Å². The molecule has 1 heterocycles. The lowest BCUT2D eigenvalue weighted by atomic mass is 9.95. The maximum Gasteiger partial charge on any atom is 0.141 e. The van der Waals surface area contributed by atoms with E-state index in [0.29, 0.717) is 11.5 Å². The molecule has 4 nitrogen and oxygen atoms in total. The highest BCUT2D eigenvalue weighted by atomic mass is 16.5. The van der Waals surface area contributed by atoms with Crippen molar-refractivity contribution in [1.29, 1.82) is 5.26 Å². The topological polar surface area (TPSA) is 71.9 Å². The Balaban J connectivity index is 2.63. The molecule has 0 saturated carbocycles. The van der Waals surface area contributed by atoms with Crippen LogP contribution in [0.5, 0.6) is 5.75 Å². The van der Waals surface area contributed by atoms with Gasteiger partial charge >= 0.3 is 0 Å². The zero-order chi connectivity index (χ0) is 14.7. The van der Waals surface area contributed by atoms with Crippen LogP contribution in [-0.4, -0.2) is 12.1 Å². The van der Waals surface area contributed by atoms with Crippen molar-refractivity contribution >= 4 is 5.82 Å². The summed E-state index contributed by atoms with van der Waals surface area (Å²) in [5.74, 6) is 1.44. The third kappa shape index (κ3) is 2.43. The quantitative estimate of drug-likeness (QED) is 0.925. The van der Waals surface area contributed by atoms with Crippen LogP contribution in [0.3, 0.4) is 0 Å². The molecule has 4 heteroatoms. The summed E-state index contributed by atoms with van der Waals surface area (Å²) in [7, 11) is 1.66. The van der Waals surface area contributed by atoms with Gasteiger partial charge in [-0.15, -0.1) is 0 Å². The molecule has 0 saturated heterocycles. The molecule has 2 aromatic rings. The van der Waals surface area contributed by atoms with E-state index in [-0.39, 0.29) is 5.82 Å². The van der Waals surface area contributed by atoms with Crippen LogP contribution in [-0.2, 0) is 0 Å². The van der Waals surface area contributed by atoms with Crippen LogP contribution in [0.15, 0.2) is 30.5 Å². The second-order valence-electron chi connectivity index (χ2n) is 4.84. The van der Waals surface area contributed by atoms with Crippen LogP contribution >= 0.6 is 0 Å². The Bertz CT molecular complexity index is 672. The first kappa shape index (κ1) is 13.9. The lowest BCUT2D eigenvalue weighted by Crippen LogP contribution is -1.98. The van der Waals surface area contributed by atoms with Gasteiger partial charge in [-0.05, 0) is 35.2 Å². The molecule has 0 atom stereocenters. The largest absolute Gasteiger partial charge is 0.496 e. The Morgan fingerprint density at radius 2 is 2.05 bits per heavy atom. The number of methoxy groups -OCH3 is 1. The monoisotopic (exact) mass is 267 g/mol. The summed E-state index contributed by atoms with van der Waals surface area (Å²) in [5.41, 5.74) is 9.02. The summed E-state index contributed by atoms with van der Waals surface area (Å²) in [4.78, 5) is 3.96. The van der Waals surface area contributed by atoms with Gasteiger partial charge in [0.25, 0.3) is 0 Å². The van der Waals surface area contributed by atoms with Crippen molar-refractivity contribution in [2.75, 3.05) is 12.8 Å². The number of nitrogens with two attached hydrogens (primary N) is 1. The normalized spacial score (nSPS) is 10.3. The lowest BCUT2D eigenvalue weighted by molar-refractivity contribution is 0.407. The average molecular weight is 267 g/mol. The summed E-state index contributed by atoms with van der Waals surface area (Å²) < 4.78 is 5.38. The lowest BCUT2D eigenvalue weighted by Gasteiger charge is -2.14. The number of nitriles is 1. The fourth-order valence-electron chi connectivity index (χ4n) is 2.19. The average Bonchev–Trinajstić information content (AvgIpc) is 2.46. The molecule has 0 aliphatic carbocycles. The van der Waals surface area contributed by atoms with Gasteiger partial charge in [0.2, 0.25) is 0 Å². The van der Waals surface area contributed by atoms with Gasteiger partial charge in [0.05, 0.1) is 7.11 Å². The van der Waals surface area contributed by atoms with Gasteiger partial charge in [-0.1, -0.05) is 19.9 Å². The molecule has 0 spiro atoms. The number of nitrogens with zero attached hydrogens (tertiary/aromatic N) is 2. The minimum absolute atomic E-state index is 0.256. The molecule has 2 N–H and O–H groups in total. The number of pyridine rings is 1. The van der Waals surface area contributed by atoms with Crippen molar-refractivity contribution in [3.63, 3.8) is 0 Å². The predicted molar refractivity (Wildman–Crippen MR) is 79.4 cm³/mol. The van der Waals surface area contributed by atoms with Gasteiger partial charge in [-0.2, -0.15) is 5.26 Å². The number of benzene rings is 1. The Morgan fingerprint density at radius 1 is 1.30 bits per heavy atom. The molecule has 0 amide bonds. The fourth-order valence-corrected chi connectivity index (χ4v) is 2.19. The highest BCUT2D eigenvalue weighted by Crippen LogP contribution is 2.33. The molecule has 2 rings (SSSR count). The van der Waals surface area contributed by atoms with E-state index in [9.17, 15) is 5.26 Å². The first-order valence-electron chi connectivity index (χ1n) is 6.41. The summed E-state index contributed by atoms with van der Waals surface area (Å²) in [5, 5.41) is 9.25. The van der Waals surface area contributed by atoms with Gasteiger partial charge in [-0.3, -0.25) is 0 Å². The van der Waals surface area contributed by atoms with E-state index in [0.717, 1.165) is 22.4 Å². The molecule has 20 heavy (non-hydrogen) atoms. The molecule has 0 aliphatic heterocycles. The Labute approximate surface area is 118 Å². The second kappa shape index (κ2) is 5.62. The molecule has 102 valence electrons. The summed E-state index contributed by atoms with van der Waals surface area (Å²) in [6, 6.07) is 9.82. The van der Waals surface area contributed by atoms with E-state index in [1.54, 1.807) is 19.4 Å². The number of hydrogen-bond acceptors (Lipinski definition) is 4. The molecule has 1 aromatic heterocycles. The van der Waals surface area contributed by atoms with E-state index in [2.05, 4.69) is 24.9 Å². The van der Waals surface area contributed by atoms with Crippen LogP contribution < -0.4 is 10.5 Å². The number of aromatic nitrogens is 1.